The van der Waals surface area contributed by atoms with Gasteiger partial charge in [-0.2, -0.15) is 0 Å². The predicted molar refractivity (Wildman–Crippen MR) is 50.1 cm³/mol. The van der Waals surface area contributed by atoms with E-state index in [0.717, 1.165) is 5.56 Å². The Morgan fingerprint density at radius 3 is 2.36 bits per heavy atom. The fourth-order valence-electron chi connectivity index (χ4n) is 1.47. The SMILES string of the molecule is CN1NC(c2ccccc2)C(=O)C1=O. The molecule has 1 fully saturated rings. The summed E-state index contributed by atoms with van der Waals surface area (Å²) in [5.41, 5.74) is 3.62. The Bertz CT molecular complexity index is 375. The van der Waals surface area contributed by atoms with Crippen molar-refractivity contribution in [2.75, 3.05) is 7.05 Å². The Kier molecular flexibility index (Phi) is 2.05. The Morgan fingerprint density at radius 1 is 1.21 bits per heavy atom. The minimum absolute atomic E-state index is 0.404. The number of carbonyl (C=O) groups is 2. The highest BCUT2D eigenvalue weighted by Gasteiger charge is 2.37. The highest BCUT2D eigenvalue weighted by molar-refractivity contribution is 6.39. The van der Waals surface area contributed by atoms with Gasteiger partial charge in [0.1, 0.15) is 6.04 Å². The number of nitrogens with zero attached hydrogens (tertiary/aromatic N) is 1. The normalized spacial score (nSPS) is 21.8. The van der Waals surface area contributed by atoms with Gasteiger partial charge in [-0.1, -0.05) is 30.3 Å². The Hall–Kier alpha value is -1.68. The zero-order valence-corrected chi connectivity index (χ0v) is 7.73. The quantitative estimate of drug-likeness (QED) is 0.647. The summed E-state index contributed by atoms with van der Waals surface area (Å²) in [5, 5.41) is 1.22. The lowest BCUT2D eigenvalue weighted by Gasteiger charge is -2.10. The van der Waals surface area contributed by atoms with Crippen LogP contribution in [0.1, 0.15) is 11.6 Å². The van der Waals surface area contributed by atoms with Gasteiger partial charge in [0.25, 0.3) is 0 Å². The van der Waals surface area contributed by atoms with Crippen LogP contribution in [0, 0.1) is 0 Å². The maximum absolute atomic E-state index is 11.5. The summed E-state index contributed by atoms with van der Waals surface area (Å²) in [7, 11) is 1.54. The number of likely N-dealkylation sites (N-methyl/N-ethyl adjacent to an activating group) is 1. The summed E-state index contributed by atoms with van der Waals surface area (Å²) in [4.78, 5) is 22.7. The molecule has 1 aliphatic heterocycles. The second-order valence-corrected chi connectivity index (χ2v) is 3.20. The molecule has 1 saturated heterocycles. The van der Waals surface area contributed by atoms with Crippen molar-refractivity contribution in [3.63, 3.8) is 0 Å². The van der Waals surface area contributed by atoms with Crippen LogP contribution in [0.25, 0.3) is 0 Å². The van der Waals surface area contributed by atoms with Gasteiger partial charge in [-0.05, 0) is 5.56 Å². The van der Waals surface area contributed by atoms with E-state index in [1.807, 2.05) is 30.3 Å². The maximum atomic E-state index is 11.5. The van der Waals surface area contributed by atoms with Crippen molar-refractivity contribution in [2.24, 2.45) is 0 Å². The molecule has 1 aromatic rings. The minimum atomic E-state index is -0.520. The van der Waals surface area contributed by atoms with Crippen molar-refractivity contribution in [1.82, 2.24) is 10.4 Å². The Morgan fingerprint density at radius 2 is 1.86 bits per heavy atom. The van der Waals surface area contributed by atoms with Crippen LogP contribution in [-0.2, 0) is 9.59 Å². The van der Waals surface area contributed by atoms with Crippen molar-refractivity contribution < 1.29 is 9.59 Å². The molecular formula is C10H10N2O2. The molecule has 1 atom stereocenters. The first-order valence-corrected chi connectivity index (χ1v) is 4.33. The van der Waals surface area contributed by atoms with E-state index < -0.39 is 17.7 Å². The smallest absolute Gasteiger partial charge is 0.286 e. The molecule has 1 N–H and O–H groups in total. The monoisotopic (exact) mass is 190 g/mol. The number of hydrazine groups is 1. The molecule has 1 aliphatic rings. The minimum Gasteiger partial charge on any atom is -0.286 e. The van der Waals surface area contributed by atoms with Crippen molar-refractivity contribution in [2.45, 2.75) is 6.04 Å². The van der Waals surface area contributed by atoms with Gasteiger partial charge < -0.3 is 0 Å². The van der Waals surface area contributed by atoms with Crippen LogP contribution >= 0.6 is 0 Å². The lowest BCUT2D eigenvalue weighted by Crippen LogP contribution is -2.30. The predicted octanol–water partition coefficient (Wildman–Crippen LogP) is 0.273. The third kappa shape index (κ3) is 1.29. The lowest BCUT2D eigenvalue weighted by atomic mass is 10.0. The van der Waals surface area contributed by atoms with Gasteiger partial charge in [0.2, 0.25) is 5.78 Å². The van der Waals surface area contributed by atoms with E-state index in [1.54, 1.807) is 7.05 Å². The van der Waals surface area contributed by atoms with Crippen LogP contribution in [0.15, 0.2) is 30.3 Å². The van der Waals surface area contributed by atoms with E-state index in [1.165, 1.54) is 5.01 Å². The van der Waals surface area contributed by atoms with E-state index in [4.69, 9.17) is 0 Å². The third-order valence-corrected chi connectivity index (χ3v) is 2.23. The number of benzene rings is 1. The van der Waals surface area contributed by atoms with Crippen LogP contribution in [0.3, 0.4) is 0 Å². The van der Waals surface area contributed by atoms with Gasteiger partial charge in [-0.3, -0.25) is 14.6 Å². The fourth-order valence-corrected chi connectivity index (χ4v) is 1.47. The lowest BCUT2D eigenvalue weighted by molar-refractivity contribution is -0.140. The highest BCUT2D eigenvalue weighted by Crippen LogP contribution is 2.19. The number of hydrogen-bond acceptors (Lipinski definition) is 3. The summed E-state index contributed by atoms with van der Waals surface area (Å²) in [5.74, 6) is -0.891. The van der Waals surface area contributed by atoms with Gasteiger partial charge in [0.05, 0.1) is 0 Å². The van der Waals surface area contributed by atoms with Crippen LogP contribution in [-0.4, -0.2) is 23.7 Å². The average Bonchev–Trinajstić information content (AvgIpc) is 2.47. The summed E-state index contributed by atoms with van der Waals surface area (Å²) in [6.45, 7) is 0. The molecule has 4 nitrogen and oxygen atoms in total. The molecule has 1 heterocycles. The first kappa shape index (κ1) is 8.90. The first-order chi connectivity index (χ1) is 6.70. The molecule has 0 aliphatic carbocycles. The van der Waals surface area contributed by atoms with Crippen molar-refractivity contribution in [3.8, 4) is 0 Å². The van der Waals surface area contributed by atoms with E-state index in [-0.39, 0.29) is 0 Å². The van der Waals surface area contributed by atoms with Gasteiger partial charge in [0, 0.05) is 7.05 Å². The zero-order valence-electron chi connectivity index (χ0n) is 7.73. The molecule has 72 valence electrons. The van der Waals surface area contributed by atoms with E-state index in [9.17, 15) is 9.59 Å². The van der Waals surface area contributed by atoms with Gasteiger partial charge >= 0.3 is 5.91 Å². The number of carbonyl (C=O) groups excluding carboxylic acids is 2. The number of Topliss-reactive ketones (excluding diaryl/α,β-unsaturated/α-hetero) is 1. The molecule has 0 spiro atoms. The summed E-state index contributed by atoms with van der Waals surface area (Å²) >= 11 is 0. The number of ketones is 1. The summed E-state index contributed by atoms with van der Waals surface area (Å²) < 4.78 is 0. The number of rotatable bonds is 1. The summed E-state index contributed by atoms with van der Waals surface area (Å²) in [6, 6.07) is 8.67. The first-order valence-electron chi connectivity index (χ1n) is 4.33. The number of nitrogens with one attached hydrogen (secondary N) is 1. The van der Waals surface area contributed by atoms with E-state index >= 15 is 0 Å². The van der Waals surface area contributed by atoms with Gasteiger partial charge in [0.15, 0.2) is 0 Å². The van der Waals surface area contributed by atoms with E-state index in [0.29, 0.717) is 0 Å². The molecule has 0 saturated carbocycles. The molecular weight excluding hydrogens is 180 g/mol. The largest absolute Gasteiger partial charge is 0.305 e. The average molecular weight is 190 g/mol. The molecule has 4 heteroatoms. The molecule has 14 heavy (non-hydrogen) atoms. The fraction of sp³-hybridized carbons (Fsp3) is 0.200. The van der Waals surface area contributed by atoms with Gasteiger partial charge in [-0.25, -0.2) is 5.43 Å². The van der Waals surface area contributed by atoms with Crippen LogP contribution < -0.4 is 5.43 Å². The van der Waals surface area contributed by atoms with Crippen LogP contribution in [0.5, 0.6) is 0 Å². The van der Waals surface area contributed by atoms with Crippen LogP contribution in [0.2, 0.25) is 0 Å². The second kappa shape index (κ2) is 3.23. The molecule has 1 unspecified atom stereocenters. The third-order valence-electron chi connectivity index (χ3n) is 2.23. The molecule has 0 radical (unpaired) electrons. The van der Waals surface area contributed by atoms with Gasteiger partial charge in [-0.15, -0.1) is 0 Å². The molecule has 2 rings (SSSR count). The molecule has 1 amide bonds. The maximum Gasteiger partial charge on any atom is 0.305 e. The standard InChI is InChI=1S/C10H10N2O2/c1-12-10(14)9(13)8(11-12)7-5-3-2-4-6-7/h2-6,8,11H,1H3. The second-order valence-electron chi connectivity index (χ2n) is 3.20. The summed E-state index contributed by atoms with van der Waals surface area (Å²) in [6.07, 6.45) is 0. The Balaban J connectivity index is 2.30. The Labute approximate surface area is 81.5 Å². The number of amides is 1. The molecule has 1 aromatic carbocycles. The molecule has 0 aromatic heterocycles. The topological polar surface area (TPSA) is 49.4 Å². The molecule has 0 bridgehead atoms. The number of hydrogen-bond donors (Lipinski definition) is 1. The van der Waals surface area contributed by atoms with Crippen LogP contribution in [0.4, 0.5) is 0 Å². The van der Waals surface area contributed by atoms with Crippen molar-refractivity contribution in [1.29, 1.82) is 0 Å². The highest BCUT2D eigenvalue weighted by atomic mass is 16.2. The van der Waals surface area contributed by atoms with E-state index in [2.05, 4.69) is 5.43 Å². The zero-order chi connectivity index (χ0) is 10.1. The van der Waals surface area contributed by atoms with Crippen molar-refractivity contribution in [3.05, 3.63) is 35.9 Å². The van der Waals surface area contributed by atoms with Crippen molar-refractivity contribution >= 4 is 11.7 Å².